The lowest BCUT2D eigenvalue weighted by Crippen LogP contribution is -2.53. The first-order valence-corrected chi connectivity index (χ1v) is 5.93. The second kappa shape index (κ2) is 5.22. The second-order valence-electron chi connectivity index (χ2n) is 4.58. The highest BCUT2D eigenvalue weighted by atomic mass is 16.4. The zero-order valence-corrected chi connectivity index (χ0v) is 9.80. The number of oxime groups is 1. The number of carbonyl (C=O) groups is 1. The summed E-state index contributed by atoms with van der Waals surface area (Å²) in [4.78, 5) is 15.6. The zero-order valence-electron chi connectivity index (χ0n) is 9.80. The van der Waals surface area contributed by atoms with Gasteiger partial charge >= 0.3 is 6.03 Å². The number of hydrogen-bond donors (Lipinski definition) is 3. The Kier molecular flexibility index (Phi) is 3.68. The fraction of sp³-hybridized carbons (Fsp3) is 0.800. The molecule has 17 heavy (non-hydrogen) atoms. The van der Waals surface area contributed by atoms with E-state index in [9.17, 15) is 4.79 Å². The van der Waals surface area contributed by atoms with Crippen LogP contribution in [-0.4, -0.2) is 65.6 Å². The summed E-state index contributed by atoms with van der Waals surface area (Å²) in [5.41, 5.74) is 5.44. The number of amides is 2. The normalized spacial score (nSPS) is 22.6. The molecule has 0 radical (unpaired) electrons. The third-order valence-electron chi connectivity index (χ3n) is 3.08. The summed E-state index contributed by atoms with van der Waals surface area (Å²) in [7, 11) is 0. The predicted molar refractivity (Wildman–Crippen MR) is 63.0 cm³/mol. The molecule has 2 aliphatic rings. The molecule has 1 saturated carbocycles. The highest BCUT2D eigenvalue weighted by Crippen LogP contribution is 2.19. The number of urea groups is 1. The quantitative estimate of drug-likeness (QED) is 0.261. The topological polar surface area (TPSA) is 94.2 Å². The van der Waals surface area contributed by atoms with Gasteiger partial charge in [0, 0.05) is 32.2 Å². The summed E-state index contributed by atoms with van der Waals surface area (Å²) in [6.07, 6.45) is 2.21. The number of nitrogens with zero attached hydrogens (tertiary/aromatic N) is 3. The van der Waals surface area contributed by atoms with Gasteiger partial charge in [0.05, 0.1) is 6.54 Å². The van der Waals surface area contributed by atoms with Crippen LogP contribution >= 0.6 is 0 Å². The number of carbonyl (C=O) groups excluding carboxylic acids is 1. The van der Waals surface area contributed by atoms with Gasteiger partial charge in [-0.1, -0.05) is 5.16 Å². The molecule has 2 rings (SSSR count). The minimum Gasteiger partial charge on any atom is -0.409 e. The van der Waals surface area contributed by atoms with Crippen molar-refractivity contribution in [3.63, 3.8) is 0 Å². The number of hydrogen-bond acceptors (Lipinski definition) is 4. The Bertz CT molecular complexity index is 308. The van der Waals surface area contributed by atoms with Crippen molar-refractivity contribution >= 4 is 11.9 Å². The summed E-state index contributed by atoms with van der Waals surface area (Å²) in [6, 6.07) is 0.439. The largest absolute Gasteiger partial charge is 0.409 e. The fourth-order valence-corrected chi connectivity index (χ4v) is 1.86. The highest BCUT2D eigenvalue weighted by molar-refractivity contribution is 5.81. The smallest absolute Gasteiger partial charge is 0.317 e. The number of piperazine rings is 1. The van der Waals surface area contributed by atoms with Crippen molar-refractivity contribution in [1.29, 1.82) is 0 Å². The molecule has 2 amide bonds. The van der Waals surface area contributed by atoms with E-state index in [-0.39, 0.29) is 11.9 Å². The molecule has 0 spiro atoms. The van der Waals surface area contributed by atoms with E-state index in [1.807, 2.05) is 4.90 Å². The maximum absolute atomic E-state index is 11.7. The first kappa shape index (κ1) is 12.0. The van der Waals surface area contributed by atoms with Gasteiger partial charge in [0.25, 0.3) is 0 Å². The molecule has 0 aromatic heterocycles. The summed E-state index contributed by atoms with van der Waals surface area (Å²) < 4.78 is 0. The van der Waals surface area contributed by atoms with Crippen molar-refractivity contribution in [3.8, 4) is 0 Å². The summed E-state index contributed by atoms with van der Waals surface area (Å²) in [5, 5.41) is 14.4. The van der Waals surface area contributed by atoms with Crippen LogP contribution in [0.4, 0.5) is 4.79 Å². The third kappa shape index (κ3) is 3.48. The van der Waals surface area contributed by atoms with E-state index < -0.39 is 0 Å². The zero-order chi connectivity index (χ0) is 12.3. The van der Waals surface area contributed by atoms with Gasteiger partial charge in [0.2, 0.25) is 0 Å². The molecule has 96 valence electrons. The van der Waals surface area contributed by atoms with E-state index in [1.165, 1.54) is 0 Å². The Labute approximate surface area is 100 Å². The van der Waals surface area contributed by atoms with Crippen LogP contribution in [0.5, 0.6) is 0 Å². The fourth-order valence-electron chi connectivity index (χ4n) is 1.86. The number of nitrogens with two attached hydrogens (primary N) is 1. The molecule has 0 atom stereocenters. The van der Waals surface area contributed by atoms with E-state index in [0.29, 0.717) is 25.7 Å². The van der Waals surface area contributed by atoms with Crippen LogP contribution in [-0.2, 0) is 0 Å². The van der Waals surface area contributed by atoms with Crippen LogP contribution in [0.25, 0.3) is 0 Å². The average molecular weight is 241 g/mol. The van der Waals surface area contributed by atoms with Gasteiger partial charge in [-0.3, -0.25) is 4.90 Å². The highest BCUT2D eigenvalue weighted by Gasteiger charge is 2.27. The van der Waals surface area contributed by atoms with Gasteiger partial charge in [0.15, 0.2) is 5.84 Å². The molecule has 1 aliphatic carbocycles. The Morgan fingerprint density at radius 2 is 2.00 bits per heavy atom. The molecule has 0 aromatic carbocycles. The molecule has 1 aliphatic heterocycles. The summed E-state index contributed by atoms with van der Waals surface area (Å²) in [6.45, 7) is 3.35. The predicted octanol–water partition coefficient (Wildman–Crippen LogP) is -0.778. The number of nitrogens with one attached hydrogen (secondary N) is 1. The van der Waals surface area contributed by atoms with Crippen molar-refractivity contribution in [2.45, 2.75) is 18.9 Å². The van der Waals surface area contributed by atoms with Crippen LogP contribution in [0, 0.1) is 0 Å². The average Bonchev–Trinajstić information content (AvgIpc) is 3.13. The van der Waals surface area contributed by atoms with E-state index in [1.54, 1.807) is 0 Å². The number of amidine groups is 1. The minimum atomic E-state index is 0.0379. The molecule has 0 unspecified atom stereocenters. The lowest BCUT2D eigenvalue weighted by Gasteiger charge is -2.34. The van der Waals surface area contributed by atoms with Crippen molar-refractivity contribution in [3.05, 3.63) is 0 Å². The third-order valence-corrected chi connectivity index (χ3v) is 3.08. The molecule has 1 saturated heterocycles. The van der Waals surface area contributed by atoms with Gasteiger partial charge in [-0.15, -0.1) is 0 Å². The SMILES string of the molecule is NC(CN1CCN(C(=O)NC2CC2)CC1)=NO. The molecule has 1 heterocycles. The maximum Gasteiger partial charge on any atom is 0.317 e. The van der Waals surface area contributed by atoms with Gasteiger partial charge in [-0.2, -0.15) is 0 Å². The van der Waals surface area contributed by atoms with E-state index in [2.05, 4.69) is 15.4 Å². The molecule has 7 heteroatoms. The van der Waals surface area contributed by atoms with Gasteiger partial charge in [-0.25, -0.2) is 4.79 Å². The van der Waals surface area contributed by atoms with E-state index in [4.69, 9.17) is 10.9 Å². The molecule has 0 bridgehead atoms. The van der Waals surface area contributed by atoms with Crippen molar-refractivity contribution < 1.29 is 10.0 Å². The van der Waals surface area contributed by atoms with E-state index in [0.717, 1.165) is 25.9 Å². The summed E-state index contributed by atoms with van der Waals surface area (Å²) in [5.74, 6) is 0.209. The molecule has 2 fully saturated rings. The van der Waals surface area contributed by atoms with Gasteiger partial charge in [-0.05, 0) is 12.8 Å². The lowest BCUT2D eigenvalue weighted by atomic mass is 10.3. The van der Waals surface area contributed by atoms with Crippen LogP contribution in [0.3, 0.4) is 0 Å². The van der Waals surface area contributed by atoms with Crippen LogP contribution in [0.15, 0.2) is 5.16 Å². The maximum atomic E-state index is 11.7. The summed E-state index contributed by atoms with van der Waals surface area (Å²) >= 11 is 0. The van der Waals surface area contributed by atoms with Gasteiger partial charge in [0.1, 0.15) is 0 Å². The molecule has 0 aromatic rings. The number of rotatable bonds is 3. The Balaban J connectivity index is 1.71. The molecular formula is C10H19N5O2. The Morgan fingerprint density at radius 1 is 1.35 bits per heavy atom. The van der Waals surface area contributed by atoms with Crippen LogP contribution in [0.1, 0.15) is 12.8 Å². The Morgan fingerprint density at radius 3 is 2.53 bits per heavy atom. The van der Waals surface area contributed by atoms with Crippen LogP contribution < -0.4 is 11.1 Å². The first-order chi connectivity index (χ1) is 8.19. The monoisotopic (exact) mass is 241 g/mol. The molecule has 4 N–H and O–H groups in total. The first-order valence-electron chi connectivity index (χ1n) is 5.93. The Hall–Kier alpha value is -1.50. The van der Waals surface area contributed by atoms with Crippen molar-refractivity contribution in [2.24, 2.45) is 10.9 Å². The van der Waals surface area contributed by atoms with Gasteiger partial charge < -0.3 is 21.2 Å². The molecule has 7 nitrogen and oxygen atoms in total. The lowest BCUT2D eigenvalue weighted by molar-refractivity contribution is 0.148. The minimum absolute atomic E-state index is 0.0379. The van der Waals surface area contributed by atoms with Crippen molar-refractivity contribution in [2.75, 3.05) is 32.7 Å². The second-order valence-corrected chi connectivity index (χ2v) is 4.58. The standard InChI is InChI=1S/C10H19N5O2/c11-9(13-17)7-14-3-5-15(6-4-14)10(16)12-8-1-2-8/h8,17H,1-7H2,(H2,11,13)(H,12,16). The van der Waals surface area contributed by atoms with Crippen LogP contribution in [0.2, 0.25) is 0 Å². The van der Waals surface area contributed by atoms with Crippen molar-refractivity contribution in [1.82, 2.24) is 15.1 Å². The molecular weight excluding hydrogens is 222 g/mol. The van der Waals surface area contributed by atoms with E-state index >= 15 is 0 Å².